The Morgan fingerprint density at radius 2 is 1.96 bits per heavy atom. The molecule has 0 saturated heterocycles. The first kappa shape index (κ1) is 18.0. The second-order valence-corrected chi connectivity index (χ2v) is 5.31. The molecule has 3 aromatic rings. The van der Waals surface area contributed by atoms with E-state index in [0.717, 1.165) is 12.3 Å². The molecule has 0 aliphatic carbocycles. The maximum absolute atomic E-state index is 14.0. The number of hydrogen-bond acceptors (Lipinski definition) is 5. The van der Waals surface area contributed by atoms with Crippen molar-refractivity contribution in [3.63, 3.8) is 0 Å². The lowest BCUT2D eigenvalue weighted by atomic mass is 10.2. The summed E-state index contributed by atoms with van der Waals surface area (Å²) in [4.78, 5) is 3.57. The molecule has 0 N–H and O–H groups in total. The molecule has 0 aliphatic rings. The number of fused-ring (bicyclic) bond motifs is 1. The lowest BCUT2D eigenvalue weighted by Crippen LogP contribution is -2.20. The van der Waals surface area contributed by atoms with Crippen molar-refractivity contribution in [3.8, 4) is 17.1 Å². The lowest BCUT2D eigenvalue weighted by Gasteiger charge is -2.09. The van der Waals surface area contributed by atoms with Crippen LogP contribution in [0.4, 0.5) is 22.0 Å². The molecular weight excluding hydrogens is 361 g/mol. The summed E-state index contributed by atoms with van der Waals surface area (Å²) in [6, 6.07) is 4.09. The molecule has 0 atom stereocenters. The second-order valence-electron chi connectivity index (χ2n) is 5.31. The van der Waals surface area contributed by atoms with Crippen LogP contribution >= 0.6 is 0 Å². The zero-order valence-corrected chi connectivity index (χ0v) is 13.2. The van der Waals surface area contributed by atoms with Gasteiger partial charge in [0.2, 0.25) is 0 Å². The van der Waals surface area contributed by atoms with Gasteiger partial charge in [-0.05, 0) is 24.6 Å². The molecule has 0 spiro atoms. The van der Waals surface area contributed by atoms with E-state index in [-0.39, 0.29) is 12.0 Å². The van der Waals surface area contributed by atoms with E-state index >= 15 is 0 Å². The zero-order chi connectivity index (χ0) is 18.7. The van der Waals surface area contributed by atoms with Crippen molar-refractivity contribution in [1.29, 1.82) is 0 Å². The molecule has 0 bridgehead atoms. The smallest absolute Gasteiger partial charge is 0.422 e. The number of rotatable bonds is 6. The summed E-state index contributed by atoms with van der Waals surface area (Å²) < 4.78 is 68.4. The minimum atomic E-state index is -4.59. The monoisotopic (exact) mass is 373 g/mol. The first-order valence-electron chi connectivity index (χ1n) is 7.50. The fraction of sp³-hybridized carbons (Fsp3) is 0.333. The number of aryl methyl sites for hydroxylation is 1. The zero-order valence-electron chi connectivity index (χ0n) is 13.2. The van der Waals surface area contributed by atoms with Gasteiger partial charge in [-0.3, -0.25) is 4.39 Å². The van der Waals surface area contributed by atoms with Crippen molar-refractivity contribution in [2.24, 2.45) is 0 Å². The topological polar surface area (TPSA) is 65.2 Å². The molecule has 0 aromatic carbocycles. The molecule has 0 fully saturated rings. The SMILES string of the molecule is FCCCc1nnc2ccc(-c3cnc(OCC(F)(F)F)c(F)c3)nn12. The molecule has 26 heavy (non-hydrogen) atoms. The third-order valence-electron chi connectivity index (χ3n) is 3.34. The van der Waals surface area contributed by atoms with Gasteiger partial charge in [0, 0.05) is 18.2 Å². The summed E-state index contributed by atoms with van der Waals surface area (Å²) in [6.07, 6.45) is -2.86. The molecule has 0 radical (unpaired) electrons. The fourth-order valence-electron chi connectivity index (χ4n) is 2.19. The van der Waals surface area contributed by atoms with Gasteiger partial charge in [0.25, 0.3) is 5.88 Å². The molecule has 0 unspecified atom stereocenters. The van der Waals surface area contributed by atoms with Crippen LogP contribution in [0.5, 0.6) is 5.88 Å². The van der Waals surface area contributed by atoms with E-state index in [1.54, 1.807) is 6.07 Å². The van der Waals surface area contributed by atoms with E-state index in [4.69, 9.17) is 0 Å². The molecule has 3 rings (SSSR count). The lowest BCUT2D eigenvalue weighted by molar-refractivity contribution is -0.154. The molecule has 3 aromatic heterocycles. The Kier molecular flexibility index (Phi) is 4.96. The Morgan fingerprint density at radius 3 is 2.65 bits per heavy atom. The van der Waals surface area contributed by atoms with Crippen LogP contribution in [0.25, 0.3) is 16.9 Å². The van der Waals surface area contributed by atoms with Gasteiger partial charge in [0.15, 0.2) is 23.9 Å². The Bertz CT molecular complexity index is 911. The maximum Gasteiger partial charge on any atom is 0.422 e. The van der Waals surface area contributed by atoms with Gasteiger partial charge in [0.1, 0.15) is 0 Å². The molecular formula is C15H12F5N5O. The van der Waals surface area contributed by atoms with Crippen LogP contribution in [0, 0.1) is 5.82 Å². The Labute approximate surface area is 143 Å². The van der Waals surface area contributed by atoms with Crippen LogP contribution in [-0.2, 0) is 6.42 Å². The average Bonchev–Trinajstić information content (AvgIpc) is 3.00. The average molecular weight is 373 g/mol. The highest BCUT2D eigenvalue weighted by molar-refractivity contribution is 5.59. The van der Waals surface area contributed by atoms with Crippen molar-refractivity contribution in [3.05, 3.63) is 36.0 Å². The number of alkyl halides is 4. The quantitative estimate of drug-likeness (QED) is 0.621. The second kappa shape index (κ2) is 7.18. The van der Waals surface area contributed by atoms with Crippen molar-refractivity contribution in [2.75, 3.05) is 13.3 Å². The summed E-state index contributed by atoms with van der Waals surface area (Å²) in [6.45, 7) is -2.15. The summed E-state index contributed by atoms with van der Waals surface area (Å²) in [5.41, 5.74) is 0.961. The molecule has 0 amide bonds. The van der Waals surface area contributed by atoms with E-state index in [1.807, 2.05) is 0 Å². The van der Waals surface area contributed by atoms with Crippen LogP contribution in [0.1, 0.15) is 12.2 Å². The standard InChI is InChI=1S/C15H12F5N5O/c16-5-1-2-12-22-23-13-4-3-11(24-25(12)13)9-6-10(17)14(21-7-9)26-8-15(18,19)20/h3-4,6-7H,1-2,5,8H2. The first-order valence-corrected chi connectivity index (χ1v) is 7.50. The number of pyridine rings is 1. The Morgan fingerprint density at radius 1 is 1.15 bits per heavy atom. The van der Waals surface area contributed by atoms with Crippen LogP contribution in [-0.4, -0.2) is 44.3 Å². The Hall–Kier alpha value is -2.85. The number of ether oxygens (including phenoxy) is 1. The van der Waals surface area contributed by atoms with Gasteiger partial charge in [-0.2, -0.15) is 22.8 Å². The van der Waals surface area contributed by atoms with Gasteiger partial charge in [-0.15, -0.1) is 10.2 Å². The summed E-state index contributed by atoms with van der Waals surface area (Å²) in [7, 11) is 0. The van der Waals surface area contributed by atoms with Gasteiger partial charge in [-0.25, -0.2) is 9.37 Å². The highest BCUT2D eigenvalue weighted by atomic mass is 19.4. The normalized spacial score (nSPS) is 11.9. The van der Waals surface area contributed by atoms with Gasteiger partial charge in [-0.1, -0.05) is 0 Å². The Balaban J connectivity index is 1.87. The molecule has 0 saturated carbocycles. The van der Waals surface area contributed by atoms with Crippen LogP contribution in [0.15, 0.2) is 24.4 Å². The highest BCUT2D eigenvalue weighted by Crippen LogP contribution is 2.24. The predicted octanol–water partition coefficient (Wildman–Crippen LogP) is 3.17. The van der Waals surface area contributed by atoms with Gasteiger partial charge >= 0.3 is 6.18 Å². The molecule has 138 valence electrons. The maximum atomic E-state index is 14.0. The molecule has 6 nitrogen and oxygen atoms in total. The predicted molar refractivity (Wildman–Crippen MR) is 79.8 cm³/mol. The molecule has 11 heteroatoms. The number of nitrogens with zero attached hydrogens (tertiary/aromatic N) is 5. The van der Waals surface area contributed by atoms with E-state index in [2.05, 4.69) is 25.0 Å². The number of halogens is 5. The van der Waals surface area contributed by atoms with Crippen molar-refractivity contribution >= 4 is 5.65 Å². The summed E-state index contributed by atoms with van der Waals surface area (Å²) >= 11 is 0. The third-order valence-corrected chi connectivity index (χ3v) is 3.34. The van der Waals surface area contributed by atoms with Gasteiger partial charge in [0.05, 0.1) is 12.4 Å². The minimum Gasteiger partial charge on any atom is -0.466 e. The number of aromatic nitrogens is 5. The summed E-state index contributed by atoms with van der Waals surface area (Å²) in [5, 5.41) is 12.1. The van der Waals surface area contributed by atoms with Crippen molar-refractivity contribution < 1.29 is 26.7 Å². The largest absolute Gasteiger partial charge is 0.466 e. The van der Waals surface area contributed by atoms with Crippen LogP contribution in [0.3, 0.4) is 0 Å². The van der Waals surface area contributed by atoms with Crippen LogP contribution < -0.4 is 4.74 Å². The van der Waals surface area contributed by atoms with Crippen molar-refractivity contribution in [1.82, 2.24) is 24.8 Å². The first-order chi connectivity index (χ1) is 12.4. The molecule has 3 heterocycles. The third kappa shape index (κ3) is 4.03. The summed E-state index contributed by atoms with van der Waals surface area (Å²) in [5.74, 6) is -1.35. The fourth-order valence-corrected chi connectivity index (χ4v) is 2.19. The van der Waals surface area contributed by atoms with Gasteiger partial charge < -0.3 is 4.74 Å². The van der Waals surface area contributed by atoms with E-state index < -0.39 is 31.2 Å². The molecule has 0 aliphatic heterocycles. The number of hydrogen-bond donors (Lipinski definition) is 0. The van der Waals surface area contributed by atoms with E-state index in [0.29, 0.717) is 23.6 Å². The van der Waals surface area contributed by atoms with E-state index in [9.17, 15) is 22.0 Å². The van der Waals surface area contributed by atoms with Crippen molar-refractivity contribution in [2.45, 2.75) is 19.0 Å². The van der Waals surface area contributed by atoms with E-state index in [1.165, 1.54) is 10.6 Å². The van der Waals surface area contributed by atoms with Crippen LogP contribution in [0.2, 0.25) is 0 Å². The minimum absolute atomic E-state index is 0.230. The highest BCUT2D eigenvalue weighted by Gasteiger charge is 2.29.